The fraction of sp³-hybridized carbons (Fsp3) is 0.222. The zero-order chi connectivity index (χ0) is 26.2. The second kappa shape index (κ2) is 11.8. The summed E-state index contributed by atoms with van der Waals surface area (Å²) in [6, 6.07) is 21.9. The van der Waals surface area contributed by atoms with E-state index in [0.29, 0.717) is 11.3 Å². The molecule has 0 aliphatic heterocycles. The quantitative estimate of drug-likeness (QED) is 0.243. The number of hydrogen-bond donors (Lipinski definition) is 2. The number of rotatable bonds is 10. The molecule has 0 fully saturated rings. The summed E-state index contributed by atoms with van der Waals surface area (Å²) in [6.45, 7) is -0.226. The number of methoxy groups -OCH3 is 2. The molecular formula is C27H27NO7S. The molecule has 0 amide bonds. The highest BCUT2D eigenvalue weighted by Gasteiger charge is 2.51. The number of carboxylic acid groups (broad SMARTS) is 1. The highest BCUT2D eigenvalue weighted by atomic mass is 32.2. The Kier molecular flexibility index (Phi) is 8.85. The molecule has 3 rings (SSSR count). The number of carbonyl (C=O) groups is 1. The normalized spacial score (nSPS) is 13.6. The SMILES string of the molecule is COCCO[C@](N)(C(=O)O)[C@H](C#Cc1ccccc1)S(=O)(=O)c1ccc(-c2ccc(OC)cc2)cc1. The van der Waals surface area contributed by atoms with E-state index in [1.165, 1.54) is 19.2 Å². The van der Waals surface area contributed by atoms with E-state index in [0.717, 1.165) is 11.1 Å². The highest BCUT2D eigenvalue weighted by molar-refractivity contribution is 7.92. The molecule has 36 heavy (non-hydrogen) atoms. The molecule has 0 bridgehead atoms. The van der Waals surface area contributed by atoms with Crippen molar-refractivity contribution in [2.24, 2.45) is 5.73 Å². The minimum absolute atomic E-state index is 0.0155. The van der Waals surface area contributed by atoms with Crippen molar-refractivity contribution in [2.75, 3.05) is 27.4 Å². The number of aliphatic carboxylic acids is 1. The third kappa shape index (κ3) is 6.11. The standard InChI is InChI=1S/C27H27NO7S/c1-33-18-19-35-27(28,26(29)30)25(17-8-20-6-4-3-5-7-20)36(31,32)24-15-11-22(12-16-24)21-9-13-23(34-2)14-10-21/h3-7,9-16,25H,18-19,28H2,1-2H3,(H,29,30)/t25-,27-/m0/s1. The number of sulfone groups is 1. The molecule has 9 heteroatoms. The maximum Gasteiger partial charge on any atom is 0.353 e. The molecule has 3 aromatic carbocycles. The lowest BCUT2D eigenvalue weighted by Crippen LogP contribution is -2.61. The van der Waals surface area contributed by atoms with E-state index in [1.54, 1.807) is 61.7 Å². The van der Waals surface area contributed by atoms with Crippen molar-refractivity contribution in [3.8, 4) is 28.7 Å². The van der Waals surface area contributed by atoms with Crippen LogP contribution in [0.4, 0.5) is 0 Å². The van der Waals surface area contributed by atoms with Gasteiger partial charge in [-0.2, -0.15) is 0 Å². The Morgan fingerprint density at radius 1 is 0.944 bits per heavy atom. The molecular weight excluding hydrogens is 482 g/mol. The maximum atomic E-state index is 13.7. The first-order chi connectivity index (χ1) is 17.2. The number of hydrogen-bond acceptors (Lipinski definition) is 7. The minimum Gasteiger partial charge on any atom is -0.497 e. The Morgan fingerprint density at radius 3 is 2.06 bits per heavy atom. The number of carboxylic acids is 1. The van der Waals surface area contributed by atoms with Crippen LogP contribution in [-0.2, 0) is 24.1 Å². The van der Waals surface area contributed by atoms with E-state index in [-0.39, 0.29) is 18.1 Å². The molecule has 2 atom stereocenters. The second-order valence-electron chi connectivity index (χ2n) is 7.75. The lowest BCUT2D eigenvalue weighted by atomic mass is 10.1. The largest absolute Gasteiger partial charge is 0.497 e. The fourth-order valence-electron chi connectivity index (χ4n) is 3.39. The van der Waals surface area contributed by atoms with E-state index >= 15 is 0 Å². The molecule has 0 aromatic heterocycles. The zero-order valence-corrected chi connectivity index (χ0v) is 20.7. The number of benzene rings is 3. The Labute approximate surface area is 210 Å². The van der Waals surface area contributed by atoms with Gasteiger partial charge in [0.1, 0.15) is 5.75 Å². The summed E-state index contributed by atoms with van der Waals surface area (Å²) in [6.07, 6.45) is 0. The molecule has 0 unspecified atom stereocenters. The minimum atomic E-state index is -4.39. The number of nitrogens with two attached hydrogens (primary N) is 1. The van der Waals surface area contributed by atoms with Gasteiger partial charge >= 0.3 is 5.97 Å². The average Bonchev–Trinajstić information content (AvgIpc) is 2.89. The molecule has 0 spiro atoms. The molecule has 0 aliphatic carbocycles. The molecule has 0 radical (unpaired) electrons. The summed E-state index contributed by atoms with van der Waals surface area (Å²) in [5, 5.41) is 8.00. The smallest absolute Gasteiger partial charge is 0.353 e. The van der Waals surface area contributed by atoms with Crippen molar-refractivity contribution in [3.63, 3.8) is 0 Å². The predicted molar refractivity (Wildman–Crippen MR) is 135 cm³/mol. The van der Waals surface area contributed by atoms with Gasteiger partial charge in [0.25, 0.3) is 0 Å². The fourth-order valence-corrected chi connectivity index (χ4v) is 5.02. The van der Waals surface area contributed by atoms with Gasteiger partial charge in [0, 0.05) is 12.7 Å². The van der Waals surface area contributed by atoms with Crippen LogP contribution in [0.2, 0.25) is 0 Å². The Morgan fingerprint density at radius 2 is 1.53 bits per heavy atom. The zero-order valence-electron chi connectivity index (χ0n) is 19.9. The Balaban J connectivity index is 2.04. The van der Waals surface area contributed by atoms with Crippen LogP contribution in [0.15, 0.2) is 83.8 Å². The van der Waals surface area contributed by atoms with E-state index in [4.69, 9.17) is 19.9 Å². The van der Waals surface area contributed by atoms with E-state index < -0.39 is 26.8 Å². The lowest BCUT2D eigenvalue weighted by molar-refractivity contribution is -0.165. The molecule has 188 valence electrons. The third-order valence-corrected chi connectivity index (χ3v) is 7.41. The number of ether oxygens (including phenoxy) is 3. The van der Waals surface area contributed by atoms with Crippen molar-refractivity contribution in [2.45, 2.75) is 15.9 Å². The summed E-state index contributed by atoms with van der Waals surface area (Å²) in [5.41, 5.74) is 5.55. The van der Waals surface area contributed by atoms with Gasteiger partial charge < -0.3 is 19.3 Å². The molecule has 0 saturated carbocycles. The third-order valence-electron chi connectivity index (χ3n) is 5.39. The summed E-state index contributed by atoms with van der Waals surface area (Å²) >= 11 is 0. The van der Waals surface area contributed by atoms with Gasteiger partial charge in [0.15, 0.2) is 15.1 Å². The van der Waals surface area contributed by atoms with Gasteiger partial charge in [0.2, 0.25) is 5.72 Å². The van der Waals surface area contributed by atoms with Crippen LogP contribution in [0.5, 0.6) is 5.75 Å². The van der Waals surface area contributed by atoms with E-state index in [2.05, 4.69) is 11.8 Å². The molecule has 0 saturated heterocycles. The first-order valence-electron chi connectivity index (χ1n) is 10.9. The van der Waals surface area contributed by atoms with Crippen molar-refractivity contribution in [1.82, 2.24) is 0 Å². The monoisotopic (exact) mass is 509 g/mol. The van der Waals surface area contributed by atoms with Gasteiger partial charge in [-0.3, -0.25) is 5.73 Å². The van der Waals surface area contributed by atoms with Gasteiger partial charge in [-0.25, -0.2) is 13.2 Å². The first kappa shape index (κ1) is 26.9. The Bertz CT molecular complexity index is 1330. The molecule has 3 aromatic rings. The van der Waals surface area contributed by atoms with Crippen molar-refractivity contribution in [3.05, 3.63) is 84.4 Å². The molecule has 8 nitrogen and oxygen atoms in total. The van der Waals surface area contributed by atoms with Crippen LogP contribution in [0, 0.1) is 11.8 Å². The molecule has 0 heterocycles. The topological polar surface area (TPSA) is 125 Å². The van der Waals surface area contributed by atoms with Crippen LogP contribution in [0.25, 0.3) is 11.1 Å². The van der Waals surface area contributed by atoms with Gasteiger partial charge in [-0.05, 0) is 47.5 Å². The van der Waals surface area contributed by atoms with Gasteiger partial charge in [-0.15, -0.1) is 0 Å². The summed E-state index contributed by atoms with van der Waals surface area (Å²) in [4.78, 5) is 12.1. The van der Waals surface area contributed by atoms with Crippen LogP contribution in [0.1, 0.15) is 5.56 Å². The van der Waals surface area contributed by atoms with Crippen LogP contribution in [0.3, 0.4) is 0 Å². The highest BCUT2D eigenvalue weighted by Crippen LogP contribution is 2.28. The molecule has 0 aliphatic rings. The maximum absolute atomic E-state index is 13.7. The van der Waals surface area contributed by atoms with Crippen LogP contribution >= 0.6 is 0 Å². The Hall–Kier alpha value is -3.68. The first-order valence-corrected chi connectivity index (χ1v) is 12.5. The summed E-state index contributed by atoms with van der Waals surface area (Å²) in [7, 11) is -1.42. The summed E-state index contributed by atoms with van der Waals surface area (Å²) < 4.78 is 42.8. The van der Waals surface area contributed by atoms with E-state index in [1.807, 2.05) is 12.1 Å². The second-order valence-corrected chi connectivity index (χ2v) is 9.79. The summed E-state index contributed by atoms with van der Waals surface area (Å²) in [5.74, 6) is 4.31. The van der Waals surface area contributed by atoms with Crippen LogP contribution in [-0.4, -0.2) is 57.9 Å². The van der Waals surface area contributed by atoms with Gasteiger partial charge in [0.05, 0.1) is 25.2 Å². The lowest BCUT2D eigenvalue weighted by Gasteiger charge is -2.30. The predicted octanol–water partition coefficient (Wildman–Crippen LogP) is 2.96. The van der Waals surface area contributed by atoms with Crippen molar-refractivity contribution in [1.29, 1.82) is 0 Å². The molecule has 3 N–H and O–H groups in total. The average molecular weight is 510 g/mol. The van der Waals surface area contributed by atoms with Crippen LogP contribution < -0.4 is 10.5 Å². The van der Waals surface area contributed by atoms with Crippen molar-refractivity contribution < 1.29 is 32.5 Å². The van der Waals surface area contributed by atoms with Crippen molar-refractivity contribution >= 4 is 15.8 Å². The van der Waals surface area contributed by atoms with E-state index in [9.17, 15) is 18.3 Å². The van der Waals surface area contributed by atoms with Gasteiger partial charge in [-0.1, -0.05) is 54.3 Å².